The molecule has 112 valence electrons. The quantitative estimate of drug-likeness (QED) is 0.861. The Labute approximate surface area is 124 Å². The van der Waals surface area contributed by atoms with Crippen molar-refractivity contribution < 1.29 is 0 Å². The number of hydrogen-bond acceptors (Lipinski definition) is 3. The van der Waals surface area contributed by atoms with E-state index in [1.165, 1.54) is 36.3 Å². The van der Waals surface area contributed by atoms with Gasteiger partial charge in [0.25, 0.3) is 0 Å². The summed E-state index contributed by atoms with van der Waals surface area (Å²) in [5.41, 5.74) is 4.18. The van der Waals surface area contributed by atoms with Gasteiger partial charge in [-0.1, -0.05) is 19.9 Å². The average molecular weight is 275 g/mol. The topological polar surface area (TPSA) is 18.5 Å². The number of rotatable bonds is 6. The highest BCUT2D eigenvalue weighted by Crippen LogP contribution is 2.25. The molecule has 1 fully saturated rings. The van der Waals surface area contributed by atoms with E-state index in [1.807, 2.05) is 7.05 Å². The Morgan fingerprint density at radius 2 is 2.05 bits per heavy atom. The van der Waals surface area contributed by atoms with E-state index in [0.29, 0.717) is 0 Å². The highest BCUT2D eigenvalue weighted by atomic mass is 15.2. The minimum Gasteiger partial charge on any atom is -0.370 e. The standard InChI is InChI=1S/C17H29N3/c1-5-19(6-2)17-9-10-20(13-17)16-8-7-15(12-18-4)14(3)11-16/h7-8,11,17-18H,5-6,9-10,12-13H2,1-4H3. The molecule has 1 aromatic rings. The van der Waals surface area contributed by atoms with Gasteiger partial charge in [0, 0.05) is 31.4 Å². The monoisotopic (exact) mass is 275 g/mol. The van der Waals surface area contributed by atoms with E-state index in [0.717, 1.165) is 25.7 Å². The van der Waals surface area contributed by atoms with Crippen molar-refractivity contribution in [3.63, 3.8) is 0 Å². The van der Waals surface area contributed by atoms with E-state index in [4.69, 9.17) is 0 Å². The van der Waals surface area contributed by atoms with E-state index in [2.05, 4.69) is 54.1 Å². The maximum atomic E-state index is 3.23. The fourth-order valence-electron chi connectivity index (χ4n) is 3.28. The van der Waals surface area contributed by atoms with Crippen molar-refractivity contribution in [1.82, 2.24) is 10.2 Å². The van der Waals surface area contributed by atoms with E-state index in [1.54, 1.807) is 0 Å². The summed E-state index contributed by atoms with van der Waals surface area (Å²) in [4.78, 5) is 5.13. The van der Waals surface area contributed by atoms with Crippen molar-refractivity contribution >= 4 is 5.69 Å². The number of nitrogens with one attached hydrogen (secondary N) is 1. The minimum atomic E-state index is 0.724. The summed E-state index contributed by atoms with van der Waals surface area (Å²) in [5, 5.41) is 3.23. The summed E-state index contributed by atoms with van der Waals surface area (Å²) in [6.07, 6.45) is 1.29. The van der Waals surface area contributed by atoms with Crippen molar-refractivity contribution in [3.05, 3.63) is 29.3 Å². The molecule has 1 aliphatic heterocycles. The minimum absolute atomic E-state index is 0.724. The Balaban J connectivity index is 2.04. The van der Waals surface area contributed by atoms with Crippen LogP contribution in [-0.4, -0.2) is 44.2 Å². The molecule has 0 spiro atoms. The maximum absolute atomic E-state index is 3.23. The second-order valence-corrected chi connectivity index (χ2v) is 5.75. The normalized spacial score (nSPS) is 19.1. The van der Waals surface area contributed by atoms with E-state index in [9.17, 15) is 0 Å². The van der Waals surface area contributed by atoms with Crippen LogP contribution in [0.15, 0.2) is 18.2 Å². The van der Waals surface area contributed by atoms with Gasteiger partial charge in [0.1, 0.15) is 0 Å². The van der Waals surface area contributed by atoms with Gasteiger partial charge in [0.2, 0.25) is 0 Å². The van der Waals surface area contributed by atoms with Gasteiger partial charge in [-0.2, -0.15) is 0 Å². The second kappa shape index (κ2) is 7.09. The molecule has 0 bridgehead atoms. The van der Waals surface area contributed by atoms with Gasteiger partial charge >= 0.3 is 0 Å². The van der Waals surface area contributed by atoms with Crippen LogP contribution < -0.4 is 10.2 Å². The lowest BCUT2D eigenvalue weighted by Crippen LogP contribution is -2.37. The van der Waals surface area contributed by atoms with Crippen LogP contribution >= 0.6 is 0 Å². The molecule has 1 N–H and O–H groups in total. The molecule has 0 radical (unpaired) electrons. The number of hydrogen-bond donors (Lipinski definition) is 1. The molecule has 20 heavy (non-hydrogen) atoms. The van der Waals surface area contributed by atoms with Gasteiger partial charge in [0.05, 0.1) is 0 Å². The predicted octanol–water partition coefficient (Wildman–Crippen LogP) is 2.63. The number of anilines is 1. The fraction of sp³-hybridized carbons (Fsp3) is 0.647. The van der Waals surface area contributed by atoms with Gasteiger partial charge in [-0.3, -0.25) is 4.90 Å². The van der Waals surface area contributed by atoms with Crippen molar-refractivity contribution in [3.8, 4) is 0 Å². The van der Waals surface area contributed by atoms with E-state index < -0.39 is 0 Å². The largest absolute Gasteiger partial charge is 0.370 e. The molecule has 0 saturated carbocycles. The molecule has 1 aromatic carbocycles. The molecule has 1 saturated heterocycles. The van der Waals surface area contributed by atoms with Crippen LogP contribution in [-0.2, 0) is 6.54 Å². The first-order chi connectivity index (χ1) is 9.69. The fourth-order valence-corrected chi connectivity index (χ4v) is 3.28. The lowest BCUT2D eigenvalue weighted by molar-refractivity contribution is 0.232. The molecule has 1 aliphatic rings. The maximum Gasteiger partial charge on any atom is 0.0369 e. The Hall–Kier alpha value is -1.06. The predicted molar refractivity (Wildman–Crippen MR) is 87.5 cm³/mol. The van der Waals surface area contributed by atoms with Crippen LogP contribution in [0.4, 0.5) is 5.69 Å². The third-order valence-corrected chi connectivity index (χ3v) is 4.55. The van der Waals surface area contributed by atoms with Crippen molar-refractivity contribution in [2.45, 2.75) is 39.8 Å². The lowest BCUT2D eigenvalue weighted by Gasteiger charge is -2.27. The Morgan fingerprint density at radius 3 is 2.65 bits per heavy atom. The van der Waals surface area contributed by atoms with Crippen LogP contribution in [0.25, 0.3) is 0 Å². The first kappa shape index (κ1) is 15.3. The molecule has 1 unspecified atom stereocenters. The number of benzene rings is 1. The molecular weight excluding hydrogens is 246 g/mol. The van der Waals surface area contributed by atoms with Gasteiger partial charge in [0.15, 0.2) is 0 Å². The number of aryl methyl sites for hydroxylation is 1. The van der Waals surface area contributed by atoms with E-state index >= 15 is 0 Å². The number of likely N-dealkylation sites (N-methyl/N-ethyl adjacent to an activating group) is 1. The molecule has 3 heteroatoms. The van der Waals surface area contributed by atoms with Crippen molar-refractivity contribution in [2.24, 2.45) is 0 Å². The highest BCUT2D eigenvalue weighted by molar-refractivity contribution is 5.51. The van der Waals surface area contributed by atoms with Crippen LogP contribution in [0.1, 0.15) is 31.4 Å². The van der Waals surface area contributed by atoms with Gasteiger partial charge in [-0.05, 0) is 56.7 Å². The van der Waals surface area contributed by atoms with Gasteiger partial charge in [-0.25, -0.2) is 0 Å². The summed E-state index contributed by atoms with van der Waals surface area (Å²) in [6, 6.07) is 7.62. The zero-order valence-electron chi connectivity index (χ0n) is 13.4. The smallest absolute Gasteiger partial charge is 0.0369 e. The second-order valence-electron chi connectivity index (χ2n) is 5.75. The summed E-state index contributed by atoms with van der Waals surface area (Å²) < 4.78 is 0. The SMILES string of the molecule is CCN(CC)C1CCN(c2ccc(CNC)c(C)c2)C1. The summed E-state index contributed by atoms with van der Waals surface area (Å²) in [6.45, 7) is 12.4. The van der Waals surface area contributed by atoms with Gasteiger partial charge < -0.3 is 10.2 Å². The average Bonchev–Trinajstić information content (AvgIpc) is 2.92. The Kier molecular flexibility index (Phi) is 5.44. The highest BCUT2D eigenvalue weighted by Gasteiger charge is 2.26. The molecular formula is C17H29N3. The third kappa shape index (κ3) is 3.33. The van der Waals surface area contributed by atoms with Crippen LogP contribution in [0.5, 0.6) is 0 Å². The van der Waals surface area contributed by atoms with Gasteiger partial charge in [-0.15, -0.1) is 0 Å². The van der Waals surface area contributed by atoms with Crippen LogP contribution in [0.3, 0.4) is 0 Å². The molecule has 1 atom stereocenters. The van der Waals surface area contributed by atoms with Crippen molar-refractivity contribution in [1.29, 1.82) is 0 Å². The zero-order valence-corrected chi connectivity index (χ0v) is 13.4. The first-order valence-electron chi connectivity index (χ1n) is 7.92. The lowest BCUT2D eigenvalue weighted by atomic mass is 10.1. The molecule has 2 rings (SSSR count). The summed E-state index contributed by atoms with van der Waals surface area (Å²) in [5.74, 6) is 0. The Bertz CT molecular complexity index is 426. The zero-order chi connectivity index (χ0) is 14.5. The summed E-state index contributed by atoms with van der Waals surface area (Å²) >= 11 is 0. The van der Waals surface area contributed by atoms with Crippen LogP contribution in [0.2, 0.25) is 0 Å². The summed E-state index contributed by atoms with van der Waals surface area (Å²) in [7, 11) is 2.00. The molecule has 0 aliphatic carbocycles. The van der Waals surface area contributed by atoms with Crippen molar-refractivity contribution in [2.75, 3.05) is 38.1 Å². The molecule has 0 aromatic heterocycles. The molecule has 1 heterocycles. The first-order valence-corrected chi connectivity index (χ1v) is 7.92. The molecule has 3 nitrogen and oxygen atoms in total. The number of nitrogens with zero attached hydrogens (tertiary/aromatic N) is 2. The van der Waals surface area contributed by atoms with Crippen LogP contribution in [0, 0.1) is 6.92 Å². The third-order valence-electron chi connectivity index (χ3n) is 4.55. The van der Waals surface area contributed by atoms with E-state index in [-0.39, 0.29) is 0 Å². The Morgan fingerprint density at radius 1 is 1.30 bits per heavy atom. The molecule has 0 amide bonds.